The van der Waals surface area contributed by atoms with Crippen LogP contribution in [0.3, 0.4) is 0 Å². The molecule has 18 heavy (non-hydrogen) atoms. The smallest absolute Gasteiger partial charge is 0.307 e. The van der Waals surface area contributed by atoms with Gasteiger partial charge >= 0.3 is 5.97 Å². The first-order valence-electron chi connectivity index (χ1n) is 5.72. The van der Waals surface area contributed by atoms with E-state index in [1.807, 2.05) is 11.8 Å². The summed E-state index contributed by atoms with van der Waals surface area (Å²) in [7, 11) is 1.39. The number of esters is 1. The SMILES string of the molecule is CCN(CCC(=O)OC)c1ncnc2nc[nH]c12. The number of fused-ring (bicyclic) bond motifs is 1. The fourth-order valence-electron chi connectivity index (χ4n) is 1.73. The van der Waals surface area contributed by atoms with Crippen LogP contribution < -0.4 is 4.90 Å². The summed E-state index contributed by atoms with van der Waals surface area (Å²) < 4.78 is 4.63. The summed E-state index contributed by atoms with van der Waals surface area (Å²) >= 11 is 0. The van der Waals surface area contributed by atoms with Crippen LogP contribution in [-0.4, -0.2) is 46.1 Å². The van der Waals surface area contributed by atoms with Gasteiger partial charge in [-0.2, -0.15) is 0 Å². The third-order valence-corrected chi connectivity index (χ3v) is 2.70. The molecular formula is C11H15N5O2. The fraction of sp³-hybridized carbons (Fsp3) is 0.455. The lowest BCUT2D eigenvalue weighted by molar-refractivity contribution is -0.140. The Balaban J connectivity index is 2.21. The molecule has 96 valence electrons. The number of H-pyrrole nitrogens is 1. The van der Waals surface area contributed by atoms with Crippen molar-refractivity contribution in [1.82, 2.24) is 19.9 Å². The molecule has 0 radical (unpaired) electrons. The molecule has 2 aromatic rings. The number of nitrogens with one attached hydrogen (secondary N) is 1. The van der Waals surface area contributed by atoms with Crippen LogP contribution in [0, 0.1) is 0 Å². The van der Waals surface area contributed by atoms with Crippen molar-refractivity contribution in [2.75, 3.05) is 25.1 Å². The van der Waals surface area contributed by atoms with Crippen LogP contribution in [0.2, 0.25) is 0 Å². The largest absolute Gasteiger partial charge is 0.469 e. The summed E-state index contributed by atoms with van der Waals surface area (Å²) in [6, 6.07) is 0. The number of rotatable bonds is 5. The van der Waals surface area contributed by atoms with Crippen LogP contribution in [0.4, 0.5) is 5.82 Å². The van der Waals surface area contributed by atoms with Crippen molar-refractivity contribution >= 4 is 23.0 Å². The number of methoxy groups -OCH3 is 1. The Kier molecular flexibility index (Phi) is 3.71. The van der Waals surface area contributed by atoms with Crippen molar-refractivity contribution in [2.24, 2.45) is 0 Å². The third-order valence-electron chi connectivity index (χ3n) is 2.70. The topological polar surface area (TPSA) is 84.0 Å². The number of hydrogen-bond donors (Lipinski definition) is 1. The Morgan fingerprint density at radius 3 is 3.00 bits per heavy atom. The zero-order valence-electron chi connectivity index (χ0n) is 10.4. The van der Waals surface area contributed by atoms with E-state index in [2.05, 4.69) is 24.7 Å². The van der Waals surface area contributed by atoms with Gasteiger partial charge in [0.2, 0.25) is 0 Å². The molecule has 0 aromatic carbocycles. The van der Waals surface area contributed by atoms with Crippen molar-refractivity contribution in [1.29, 1.82) is 0 Å². The van der Waals surface area contributed by atoms with E-state index < -0.39 is 0 Å². The number of carbonyl (C=O) groups excluding carboxylic acids is 1. The quantitative estimate of drug-likeness (QED) is 0.787. The van der Waals surface area contributed by atoms with Gasteiger partial charge in [-0.05, 0) is 6.92 Å². The molecule has 0 atom stereocenters. The predicted octanol–water partition coefficient (Wildman–Crippen LogP) is 0.742. The lowest BCUT2D eigenvalue weighted by Crippen LogP contribution is -2.27. The molecule has 0 spiro atoms. The molecule has 2 heterocycles. The third kappa shape index (κ3) is 2.39. The summed E-state index contributed by atoms with van der Waals surface area (Å²) in [5.41, 5.74) is 1.40. The Hall–Kier alpha value is -2.18. The molecular weight excluding hydrogens is 234 g/mol. The zero-order valence-corrected chi connectivity index (χ0v) is 10.4. The van der Waals surface area contributed by atoms with Gasteiger partial charge < -0.3 is 14.6 Å². The van der Waals surface area contributed by atoms with Gasteiger partial charge in [-0.25, -0.2) is 15.0 Å². The predicted molar refractivity (Wildman–Crippen MR) is 66.2 cm³/mol. The normalized spacial score (nSPS) is 10.6. The molecule has 7 heteroatoms. The molecule has 0 saturated carbocycles. The number of hydrogen-bond acceptors (Lipinski definition) is 6. The number of nitrogens with zero attached hydrogens (tertiary/aromatic N) is 4. The van der Waals surface area contributed by atoms with E-state index in [9.17, 15) is 4.79 Å². The van der Waals surface area contributed by atoms with Crippen LogP contribution in [0.5, 0.6) is 0 Å². The molecule has 0 aliphatic rings. The summed E-state index contributed by atoms with van der Waals surface area (Å²) in [4.78, 5) is 28.6. The zero-order chi connectivity index (χ0) is 13.0. The maximum absolute atomic E-state index is 11.2. The van der Waals surface area contributed by atoms with E-state index in [1.165, 1.54) is 13.4 Å². The van der Waals surface area contributed by atoms with Gasteiger partial charge in [0.1, 0.15) is 11.8 Å². The first kappa shape index (κ1) is 12.3. The molecule has 0 unspecified atom stereocenters. The van der Waals surface area contributed by atoms with E-state index in [-0.39, 0.29) is 5.97 Å². The number of carbonyl (C=O) groups is 1. The second-order valence-electron chi connectivity index (χ2n) is 3.70. The molecule has 2 aromatic heterocycles. The Morgan fingerprint density at radius 1 is 1.44 bits per heavy atom. The lowest BCUT2D eigenvalue weighted by Gasteiger charge is -2.21. The molecule has 0 fully saturated rings. The van der Waals surface area contributed by atoms with Crippen molar-refractivity contribution < 1.29 is 9.53 Å². The van der Waals surface area contributed by atoms with Gasteiger partial charge in [0.25, 0.3) is 0 Å². The van der Waals surface area contributed by atoms with Crippen LogP contribution in [0.15, 0.2) is 12.7 Å². The highest BCUT2D eigenvalue weighted by atomic mass is 16.5. The monoisotopic (exact) mass is 249 g/mol. The van der Waals surface area contributed by atoms with Gasteiger partial charge in [-0.3, -0.25) is 4.79 Å². The van der Waals surface area contributed by atoms with Gasteiger partial charge in [0.15, 0.2) is 11.5 Å². The van der Waals surface area contributed by atoms with Crippen LogP contribution in [0.25, 0.3) is 11.2 Å². The summed E-state index contributed by atoms with van der Waals surface area (Å²) in [5.74, 6) is 0.521. The van der Waals surface area contributed by atoms with Crippen molar-refractivity contribution in [3.05, 3.63) is 12.7 Å². The molecule has 2 rings (SSSR count). The van der Waals surface area contributed by atoms with E-state index in [4.69, 9.17) is 0 Å². The standard InChI is InChI=1S/C11H15N5O2/c1-3-16(5-4-8(17)18-2)11-9-10(13-6-12-9)14-7-15-11/h6-7H,3-5H2,1-2H3,(H,12,13,14,15). The van der Waals surface area contributed by atoms with E-state index in [1.54, 1.807) is 6.33 Å². The van der Waals surface area contributed by atoms with Crippen molar-refractivity contribution in [3.63, 3.8) is 0 Å². The minimum atomic E-state index is -0.233. The molecule has 0 saturated heterocycles. The highest BCUT2D eigenvalue weighted by molar-refractivity contribution is 5.82. The number of anilines is 1. The number of ether oxygens (including phenoxy) is 1. The fourth-order valence-corrected chi connectivity index (χ4v) is 1.73. The maximum atomic E-state index is 11.2. The lowest BCUT2D eigenvalue weighted by atomic mass is 10.3. The number of aromatic amines is 1. The van der Waals surface area contributed by atoms with Crippen LogP contribution in [0.1, 0.15) is 13.3 Å². The Bertz CT molecular complexity index is 539. The molecule has 0 aliphatic carbocycles. The van der Waals surface area contributed by atoms with Gasteiger partial charge in [-0.1, -0.05) is 0 Å². The average molecular weight is 249 g/mol. The van der Waals surface area contributed by atoms with Gasteiger partial charge in [-0.15, -0.1) is 0 Å². The van der Waals surface area contributed by atoms with E-state index in [0.717, 1.165) is 17.9 Å². The minimum absolute atomic E-state index is 0.233. The first-order valence-corrected chi connectivity index (χ1v) is 5.72. The Labute approximate surface area is 104 Å². The number of aromatic nitrogens is 4. The molecule has 0 bridgehead atoms. The second kappa shape index (κ2) is 5.44. The highest BCUT2D eigenvalue weighted by Gasteiger charge is 2.13. The molecule has 0 amide bonds. The average Bonchev–Trinajstić information content (AvgIpc) is 2.88. The van der Waals surface area contributed by atoms with E-state index >= 15 is 0 Å². The summed E-state index contributed by atoms with van der Waals surface area (Å²) in [5, 5.41) is 0. The molecule has 7 nitrogen and oxygen atoms in total. The van der Waals surface area contributed by atoms with Crippen LogP contribution in [-0.2, 0) is 9.53 Å². The second-order valence-corrected chi connectivity index (χ2v) is 3.70. The summed E-state index contributed by atoms with van der Waals surface area (Å²) in [6.07, 6.45) is 3.38. The number of imidazole rings is 1. The first-order chi connectivity index (χ1) is 8.76. The van der Waals surface area contributed by atoms with Gasteiger partial charge in [0.05, 0.1) is 19.9 Å². The summed E-state index contributed by atoms with van der Waals surface area (Å²) in [6.45, 7) is 3.29. The van der Waals surface area contributed by atoms with Crippen LogP contribution >= 0.6 is 0 Å². The van der Waals surface area contributed by atoms with Crippen molar-refractivity contribution in [3.8, 4) is 0 Å². The van der Waals surface area contributed by atoms with Crippen molar-refractivity contribution in [2.45, 2.75) is 13.3 Å². The maximum Gasteiger partial charge on any atom is 0.307 e. The molecule has 1 N–H and O–H groups in total. The van der Waals surface area contributed by atoms with Gasteiger partial charge in [0, 0.05) is 13.1 Å². The van der Waals surface area contributed by atoms with E-state index in [0.29, 0.717) is 18.6 Å². The highest BCUT2D eigenvalue weighted by Crippen LogP contribution is 2.19. The molecule has 0 aliphatic heterocycles. The Morgan fingerprint density at radius 2 is 2.28 bits per heavy atom. The minimum Gasteiger partial charge on any atom is -0.469 e.